The molecule has 0 saturated heterocycles. The van der Waals surface area contributed by atoms with Crippen molar-refractivity contribution in [2.45, 2.75) is 39.5 Å². The van der Waals surface area contributed by atoms with E-state index in [1.54, 1.807) is 24.9 Å². The molecular formula is C25H25ClF2N8O4S. The van der Waals surface area contributed by atoms with Crippen LogP contribution in [-0.4, -0.2) is 44.9 Å². The molecule has 0 bridgehead atoms. The summed E-state index contributed by atoms with van der Waals surface area (Å²) in [5.41, 5.74) is 2.38. The van der Waals surface area contributed by atoms with E-state index in [4.69, 9.17) is 16.6 Å². The Hall–Kier alpha value is -4.11. The van der Waals surface area contributed by atoms with E-state index >= 15 is 0 Å². The molecule has 0 radical (unpaired) electrons. The molecule has 41 heavy (non-hydrogen) atoms. The van der Waals surface area contributed by atoms with Gasteiger partial charge < -0.3 is 10.2 Å². The summed E-state index contributed by atoms with van der Waals surface area (Å²) in [7, 11) is -2.30. The van der Waals surface area contributed by atoms with Crippen LogP contribution in [0, 0.1) is 6.92 Å². The molecule has 4 aromatic rings. The molecule has 0 unspecified atom stereocenters. The predicted octanol–water partition coefficient (Wildman–Crippen LogP) is 3.26. The van der Waals surface area contributed by atoms with Gasteiger partial charge in [0.1, 0.15) is 5.15 Å². The van der Waals surface area contributed by atoms with E-state index in [0.717, 1.165) is 11.8 Å². The molecule has 16 heteroatoms. The lowest BCUT2D eigenvalue weighted by molar-refractivity contribution is 0.0537. The fraction of sp³-hybridized carbons (Fsp3) is 0.320. The van der Waals surface area contributed by atoms with Crippen LogP contribution in [-0.2, 0) is 30.2 Å². The van der Waals surface area contributed by atoms with Gasteiger partial charge in [0, 0.05) is 24.7 Å². The first-order chi connectivity index (χ1) is 19.2. The number of pyridine rings is 1. The Bertz CT molecular complexity index is 1880. The number of hydrogen-bond acceptors (Lipinski definition) is 9. The third-order valence-corrected chi connectivity index (χ3v) is 7.44. The first kappa shape index (κ1) is 28.4. The maximum absolute atomic E-state index is 13.5. The van der Waals surface area contributed by atoms with Crippen molar-refractivity contribution in [3.05, 3.63) is 74.0 Å². The van der Waals surface area contributed by atoms with Crippen LogP contribution >= 0.6 is 11.6 Å². The van der Waals surface area contributed by atoms with Gasteiger partial charge in [-0.25, -0.2) is 27.8 Å². The zero-order valence-electron chi connectivity index (χ0n) is 22.3. The van der Waals surface area contributed by atoms with E-state index in [9.17, 15) is 26.8 Å². The van der Waals surface area contributed by atoms with Crippen molar-refractivity contribution >= 4 is 50.1 Å². The molecule has 5 rings (SSSR count). The van der Waals surface area contributed by atoms with E-state index in [1.807, 2.05) is 17.7 Å². The maximum Gasteiger partial charge on any atom is 0.333 e. The number of benzene rings is 1. The molecule has 4 heterocycles. The van der Waals surface area contributed by atoms with Gasteiger partial charge in [-0.3, -0.25) is 14.2 Å². The number of anilines is 2. The molecule has 1 aliphatic heterocycles. The Morgan fingerprint density at radius 3 is 2.59 bits per heavy atom. The van der Waals surface area contributed by atoms with Gasteiger partial charge in [0.15, 0.2) is 5.69 Å². The third-order valence-electron chi connectivity index (χ3n) is 6.68. The highest BCUT2D eigenvalue weighted by Crippen LogP contribution is 2.32. The van der Waals surface area contributed by atoms with Crippen LogP contribution in [0.2, 0.25) is 5.15 Å². The van der Waals surface area contributed by atoms with Crippen molar-refractivity contribution in [2.24, 2.45) is 7.05 Å². The van der Waals surface area contributed by atoms with Gasteiger partial charge in [-0.15, -0.1) is 0 Å². The minimum atomic E-state index is -3.87. The number of nitrogens with one attached hydrogen (secondary N) is 2. The van der Waals surface area contributed by atoms with Crippen molar-refractivity contribution in [3.63, 3.8) is 0 Å². The Morgan fingerprint density at radius 2 is 1.90 bits per heavy atom. The van der Waals surface area contributed by atoms with Crippen molar-refractivity contribution in [1.82, 2.24) is 29.0 Å². The number of fused-ring (bicyclic) bond motifs is 2. The largest absolute Gasteiger partial charge is 0.377 e. The number of sulfonamides is 1. The molecule has 3 aromatic heterocycles. The van der Waals surface area contributed by atoms with Gasteiger partial charge in [0.25, 0.3) is 11.5 Å². The number of aromatic nitrogens is 5. The third kappa shape index (κ3) is 5.46. The number of nitrogens with zero attached hydrogens (tertiary/aromatic N) is 6. The van der Waals surface area contributed by atoms with E-state index in [2.05, 4.69) is 15.4 Å². The molecule has 1 aliphatic rings. The smallest absolute Gasteiger partial charge is 0.333 e. The molecule has 1 atom stereocenters. The number of alkyl halides is 2. The van der Waals surface area contributed by atoms with E-state index in [-0.39, 0.29) is 41.1 Å². The normalized spacial score (nSPS) is 14.0. The second-order valence-electron chi connectivity index (χ2n) is 9.82. The van der Waals surface area contributed by atoms with Crippen molar-refractivity contribution in [3.8, 4) is 0 Å². The topological polar surface area (TPSA) is 144 Å². The highest BCUT2D eigenvalue weighted by molar-refractivity contribution is 7.89. The summed E-state index contributed by atoms with van der Waals surface area (Å²) >= 11 is 5.98. The summed E-state index contributed by atoms with van der Waals surface area (Å²) in [5, 5.41) is 7.25. The fourth-order valence-corrected chi connectivity index (χ4v) is 5.47. The molecule has 1 aromatic carbocycles. The highest BCUT2D eigenvalue weighted by atomic mass is 35.5. The number of amides is 1. The lowest BCUT2D eigenvalue weighted by Gasteiger charge is -2.23. The lowest BCUT2D eigenvalue weighted by Crippen LogP contribution is -2.31. The summed E-state index contributed by atoms with van der Waals surface area (Å²) in [6, 6.07) is 5.93. The Labute approximate surface area is 238 Å². The van der Waals surface area contributed by atoms with Crippen LogP contribution in [0.4, 0.5) is 20.4 Å². The van der Waals surface area contributed by atoms with Crippen LogP contribution in [0.1, 0.15) is 52.4 Å². The van der Waals surface area contributed by atoms with Crippen LogP contribution in [0.5, 0.6) is 0 Å². The van der Waals surface area contributed by atoms with Crippen LogP contribution in [0.15, 0.2) is 35.3 Å². The van der Waals surface area contributed by atoms with Gasteiger partial charge in [-0.1, -0.05) is 17.7 Å². The molecule has 1 amide bonds. The van der Waals surface area contributed by atoms with Gasteiger partial charge in [0.05, 0.1) is 47.3 Å². The maximum atomic E-state index is 13.5. The first-order valence-electron chi connectivity index (χ1n) is 12.3. The first-order valence-corrected chi connectivity index (χ1v) is 14.5. The average Bonchev–Trinajstić information content (AvgIpc) is 3.47. The Kier molecular flexibility index (Phi) is 7.19. The minimum absolute atomic E-state index is 0.0146. The molecule has 0 spiro atoms. The summed E-state index contributed by atoms with van der Waals surface area (Å²) in [5.74, 6) is -0.678. The summed E-state index contributed by atoms with van der Waals surface area (Å²) in [6.45, 7) is 1.15. The summed E-state index contributed by atoms with van der Waals surface area (Å²) < 4.78 is 54.0. The quantitative estimate of drug-likeness (QED) is 0.303. The Balaban J connectivity index is 1.56. The summed E-state index contributed by atoms with van der Waals surface area (Å²) in [4.78, 5) is 36.7. The number of aryl methyl sites for hydroxylation is 1. The zero-order valence-corrected chi connectivity index (χ0v) is 23.9. The monoisotopic (exact) mass is 606 g/mol. The second-order valence-corrected chi connectivity index (χ2v) is 12.0. The van der Waals surface area contributed by atoms with Crippen LogP contribution in [0.25, 0.3) is 10.9 Å². The lowest BCUT2D eigenvalue weighted by atomic mass is 10.0. The second kappa shape index (κ2) is 10.4. The minimum Gasteiger partial charge on any atom is -0.377 e. The molecule has 2 N–H and O–H groups in total. The van der Waals surface area contributed by atoms with Gasteiger partial charge in [-0.2, -0.15) is 13.9 Å². The average molecular weight is 607 g/mol. The van der Waals surface area contributed by atoms with Gasteiger partial charge in [-0.05, 0) is 37.6 Å². The number of halogens is 3. The van der Waals surface area contributed by atoms with Crippen molar-refractivity contribution in [2.75, 3.05) is 16.5 Å². The highest BCUT2D eigenvalue weighted by Gasteiger charge is 2.30. The van der Waals surface area contributed by atoms with E-state index < -0.39 is 28.5 Å². The number of hydrogen-bond donors (Lipinski definition) is 2. The standard InChI is InChI=1S/C25H25ClF2N8O4S/c1-12-7-15(13(2)30-17-5-6-19(26)31-21(17)22(37)33-41(4,39)40)20-16(8-12)23(38)34(3)25(32-20)35-10-14-9-29-36(24(27)28)18(14)11-35/h5-9,13,24,30H,10-11H2,1-4H3,(H,33,37)/t13-/m1/s1. The van der Waals surface area contributed by atoms with Crippen LogP contribution < -0.4 is 20.5 Å². The zero-order chi connectivity index (χ0) is 29.8. The van der Waals surface area contributed by atoms with Crippen molar-refractivity contribution in [1.29, 1.82) is 0 Å². The van der Waals surface area contributed by atoms with Crippen LogP contribution in [0.3, 0.4) is 0 Å². The predicted molar refractivity (Wildman–Crippen MR) is 149 cm³/mol. The molecule has 0 saturated carbocycles. The van der Waals surface area contributed by atoms with E-state index in [1.165, 1.54) is 22.9 Å². The van der Waals surface area contributed by atoms with Gasteiger partial charge >= 0.3 is 6.55 Å². The number of carbonyl (C=O) groups excluding carboxylic acids is 1. The Morgan fingerprint density at radius 1 is 1.17 bits per heavy atom. The number of rotatable bonds is 7. The number of carbonyl (C=O) groups is 1. The molecule has 216 valence electrons. The molecule has 0 aliphatic carbocycles. The van der Waals surface area contributed by atoms with Crippen molar-refractivity contribution < 1.29 is 22.0 Å². The van der Waals surface area contributed by atoms with E-state index in [0.29, 0.717) is 32.4 Å². The van der Waals surface area contributed by atoms with Gasteiger partial charge in [0.2, 0.25) is 16.0 Å². The summed E-state index contributed by atoms with van der Waals surface area (Å²) in [6.07, 6.45) is 2.23. The molecule has 12 nitrogen and oxygen atoms in total. The molecule has 0 fully saturated rings. The SMILES string of the molecule is Cc1cc([C@@H](C)Nc2ccc(Cl)nc2C(=O)NS(C)(=O)=O)c2nc(N3Cc4cnn(C(F)F)c4C3)n(C)c(=O)c2c1. The molecular weight excluding hydrogens is 582 g/mol. The fourth-order valence-electron chi connectivity index (χ4n) is 4.89.